The number of imidazole rings is 1. The van der Waals surface area contributed by atoms with Gasteiger partial charge in [0.05, 0.1) is 0 Å². The molecule has 8 heteroatoms. The Morgan fingerprint density at radius 3 is 2.73 bits per heavy atom. The molecule has 0 fully saturated rings. The Hall–Kier alpha value is -2.38. The maximum absolute atomic E-state index is 12.4. The Morgan fingerprint density at radius 2 is 2.00 bits per heavy atom. The molecule has 0 radical (unpaired) electrons. The molecular formula is C18H18ClN3O3S. The number of nitrogens with one attached hydrogen (secondary N) is 1. The van der Waals surface area contributed by atoms with Crippen molar-refractivity contribution in [3.8, 4) is 0 Å². The zero-order valence-corrected chi connectivity index (χ0v) is 16.1. The number of hydrogen-bond acceptors (Lipinski definition) is 5. The molecule has 0 spiro atoms. The number of hydrogen-bond donors (Lipinski definition) is 1. The van der Waals surface area contributed by atoms with Gasteiger partial charge < -0.3 is 10.1 Å². The topological polar surface area (TPSA) is 72.7 Å². The fourth-order valence-corrected chi connectivity index (χ4v) is 3.57. The molecule has 2 heterocycles. The number of aromatic nitrogens is 2. The summed E-state index contributed by atoms with van der Waals surface area (Å²) in [6, 6.07) is 7.54. The van der Waals surface area contributed by atoms with Crippen LogP contribution >= 0.6 is 22.9 Å². The molecular weight excluding hydrogens is 374 g/mol. The molecule has 3 rings (SSSR count). The van der Waals surface area contributed by atoms with Crippen molar-refractivity contribution >= 4 is 45.5 Å². The molecule has 0 aliphatic carbocycles. The van der Waals surface area contributed by atoms with Gasteiger partial charge in [0.25, 0.3) is 5.91 Å². The van der Waals surface area contributed by atoms with Crippen LogP contribution in [0.3, 0.4) is 0 Å². The second-order valence-corrected chi connectivity index (χ2v) is 7.32. The number of carbonyl (C=O) groups is 2. The van der Waals surface area contributed by atoms with Crippen molar-refractivity contribution in [3.63, 3.8) is 0 Å². The van der Waals surface area contributed by atoms with Gasteiger partial charge in [0.15, 0.2) is 21.9 Å². The van der Waals surface area contributed by atoms with E-state index in [1.165, 1.54) is 18.3 Å². The maximum atomic E-state index is 12.4. The van der Waals surface area contributed by atoms with Crippen LogP contribution in [0.2, 0.25) is 5.15 Å². The molecule has 136 valence electrons. The Morgan fingerprint density at radius 1 is 1.27 bits per heavy atom. The molecule has 0 unspecified atom stereocenters. The van der Waals surface area contributed by atoms with E-state index < -0.39 is 18.0 Å². The fourth-order valence-electron chi connectivity index (χ4n) is 2.56. The Bertz CT molecular complexity index is 964. The monoisotopic (exact) mass is 391 g/mol. The summed E-state index contributed by atoms with van der Waals surface area (Å²) in [6.45, 7) is 5.61. The van der Waals surface area contributed by atoms with Crippen molar-refractivity contribution in [2.24, 2.45) is 0 Å². The Kier molecular flexibility index (Phi) is 5.29. The van der Waals surface area contributed by atoms with Gasteiger partial charge in [0.1, 0.15) is 0 Å². The molecule has 0 aliphatic rings. The maximum Gasteiger partial charge on any atom is 0.359 e. The summed E-state index contributed by atoms with van der Waals surface area (Å²) in [5.41, 5.74) is 1.83. The highest BCUT2D eigenvalue weighted by Gasteiger charge is 2.25. The van der Waals surface area contributed by atoms with E-state index >= 15 is 0 Å². The molecule has 1 N–H and O–H groups in total. The molecule has 3 aromatic rings. The molecule has 1 aromatic carbocycles. The summed E-state index contributed by atoms with van der Waals surface area (Å²) in [4.78, 5) is 29.6. The van der Waals surface area contributed by atoms with Gasteiger partial charge in [-0.05, 0) is 24.5 Å². The lowest BCUT2D eigenvalue weighted by Gasteiger charge is -2.17. The lowest BCUT2D eigenvalue weighted by atomic mass is 10.0. The van der Waals surface area contributed by atoms with Crippen molar-refractivity contribution in [3.05, 3.63) is 52.3 Å². The van der Waals surface area contributed by atoms with E-state index in [-0.39, 0.29) is 16.8 Å². The lowest BCUT2D eigenvalue weighted by Crippen LogP contribution is -2.30. The van der Waals surface area contributed by atoms with Crippen LogP contribution in [-0.4, -0.2) is 27.4 Å². The van der Waals surface area contributed by atoms with Crippen LogP contribution in [0.4, 0.5) is 5.69 Å². The minimum atomic E-state index is -0.983. The predicted octanol–water partition coefficient (Wildman–Crippen LogP) is 4.36. The zero-order chi connectivity index (χ0) is 18.8. The first-order chi connectivity index (χ1) is 12.4. The number of ether oxygens (including phenoxy) is 1. The molecule has 2 aromatic heterocycles. The van der Waals surface area contributed by atoms with E-state index in [1.54, 1.807) is 16.0 Å². The SMILES string of the molecule is CC(C)c1ccccc1NC(=O)[C@@H](C)OC(=O)c1c(Cl)nc2sccn12. The lowest BCUT2D eigenvalue weighted by molar-refractivity contribution is -0.123. The van der Waals surface area contributed by atoms with E-state index in [4.69, 9.17) is 16.3 Å². The molecule has 6 nitrogen and oxygen atoms in total. The smallest absolute Gasteiger partial charge is 0.359 e. The Labute approximate surface area is 159 Å². The van der Waals surface area contributed by atoms with Crippen LogP contribution in [0.15, 0.2) is 35.8 Å². The summed E-state index contributed by atoms with van der Waals surface area (Å²) >= 11 is 7.38. The number of fused-ring (bicyclic) bond motifs is 1. The fraction of sp³-hybridized carbons (Fsp3) is 0.278. The van der Waals surface area contributed by atoms with Crippen molar-refractivity contribution in [1.82, 2.24) is 9.38 Å². The van der Waals surface area contributed by atoms with E-state index in [0.717, 1.165) is 5.56 Å². The molecule has 26 heavy (non-hydrogen) atoms. The summed E-state index contributed by atoms with van der Waals surface area (Å²) in [5, 5.41) is 4.66. The number of anilines is 1. The molecule has 1 atom stereocenters. The van der Waals surface area contributed by atoms with Crippen LogP contribution in [0.5, 0.6) is 0 Å². The van der Waals surface area contributed by atoms with E-state index in [1.807, 2.05) is 38.1 Å². The van der Waals surface area contributed by atoms with Crippen LogP contribution in [0.1, 0.15) is 42.7 Å². The van der Waals surface area contributed by atoms with Crippen LogP contribution in [0.25, 0.3) is 4.96 Å². The van der Waals surface area contributed by atoms with Crippen molar-refractivity contribution in [2.75, 3.05) is 5.32 Å². The third-order valence-corrected chi connectivity index (χ3v) is 4.93. The third-order valence-electron chi connectivity index (χ3n) is 3.91. The molecule has 0 aliphatic heterocycles. The van der Waals surface area contributed by atoms with E-state index in [9.17, 15) is 9.59 Å². The highest BCUT2D eigenvalue weighted by molar-refractivity contribution is 7.15. The van der Waals surface area contributed by atoms with Gasteiger partial charge >= 0.3 is 5.97 Å². The highest BCUT2D eigenvalue weighted by Crippen LogP contribution is 2.25. The number of esters is 1. The van der Waals surface area contributed by atoms with Crippen molar-refractivity contribution < 1.29 is 14.3 Å². The largest absolute Gasteiger partial charge is 0.448 e. The van der Waals surface area contributed by atoms with E-state index in [0.29, 0.717) is 10.6 Å². The number of carbonyl (C=O) groups excluding carboxylic acids is 2. The van der Waals surface area contributed by atoms with Gasteiger partial charge in [-0.2, -0.15) is 0 Å². The number of rotatable bonds is 5. The van der Waals surface area contributed by atoms with Gasteiger partial charge in [-0.15, -0.1) is 11.3 Å². The predicted molar refractivity (Wildman–Crippen MR) is 102 cm³/mol. The Balaban J connectivity index is 1.73. The van der Waals surface area contributed by atoms with Gasteiger partial charge in [0.2, 0.25) is 0 Å². The average molecular weight is 392 g/mol. The number of benzene rings is 1. The minimum Gasteiger partial charge on any atom is -0.448 e. The van der Waals surface area contributed by atoms with Crippen LogP contribution in [0, 0.1) is 0 Å². The first-order valence-electron chi connectivity index (χ1n) is 8.10. The summed E-state index contributed by atoms with van der Waals surface area (Å²) < 4.78 is 6.85. The normalized spacial score (nSPS) is 12.3. The molecule has 1 amide bonds. The van der Waals surface area contributed by atoms with Crippen LogP contribution < -0.4 is 5.32 Å². The number of amides is 1. The minimum absolute atomic E-state index is 0.0552. The number of halogens is 1. The molecule has 0 saturated heterocycles. The van der Waals surface area contributed by atoms with Crippen LogP contribution in [-0.2, 0) is 9.53 Å². The highest BCUT2D eigenvalue weighted by atomic mass is 35.5. The van der Waals surface area contributed by atoms with Gasteiger partial charge in [-0.3, -0.25) is 9.20 Å². The third kappa shape index (κ3) is 3.59. The van der Waals surface area contributed by atoms with Gasteiger partial charge in [-0.1, -0.05) is 43.6 Å². The van der Waals surface area contributed by atoms with Crippen molar-refractivity contribution in [2.45, 2.75) is 32.8 Å². The number of para-hydroxylation sites is 1. The quantitative estimate of drug-likeness (QED) is 0.656. The molecule has 0 bridgehead atoms. The summed E-state index contributed by atoms with van der Waals surface area (Å²) in [5.74, 6) is -0.851. The van der Waals surface area contributed by atoms with Gasteiger partial charge in [0, 0.05) is 17.3 Å². The number of nitrogens with zero attached hydrogens (tertiary/aromatic N) is 2. The second kappa shape index (κ2) is 7.47. The average Bonchev–Trinajstić information content (AvgIpc) is 3.14. The van der Waals surface area contributed by atoms with Gasteiger partial charge in [-0.25, -0.2) is 9.78 Å². The van der Waals surface area contributed by atoms with E-state index in [2.05, 4.69) is 10.3 Å². The van der Waals surface area contributed by atoms with Crippen molar-refractivity contribution in [1.29, 1.82) is 0 Å². The first-order valence-corrected chi connectivity index (χ1v) is 9.36. The second-order valence-electron chi connectivity index (χ2n) is 6.09. The number of thiazole rings is 1. The first kappa shape index (κ1) is 18.4. The molecule has 0 saturated carbocycles. The zero-order valence-electron chi connectivity index (χ0n) is 14.5. The summed E-state index contributed by atoms with van der Waals surface area (Å²) in [7, 11) is 0. The summed E-state index contributed by atoms with van der Waals surface area (Å²) in [6.07, 6.45) is 0.696. The standard InChI is InChI=1S/C18H18ClN3O3S/c1-10(2)12-6-4-5-7-13(12)20-16(23)11(3)25-17(24)14-15(19)21-18-22(14)8-9-26-18/h4-11H,1-3H3,(H,20,23)/t11-/m1/s1.